The first kappa shape index (κ1) is 26.5. The van der Waals surface area contributed by atoms with Gasteiger partial charge in [0.05, 0.1) is 5.69 Å². The first-order valence-corrected chi connectivity index (χ1v) is 12.6. The van der Waals surface area contributed by atoms with E-state index in [2.05, 4.69) is 9.88 Å². The Morgan fingerprint density at radius 2 is 1.79 bits per heavy atom. The van der Waals surface area contributed by atoms with Crippen LogP contribution in [0.25, 0.3) is 28.2 Å². The van der Waals surface area contributed by atoms with Crippen LogP contribution < -0.4 is 4.90 Å². The highest BCUT2D eigenvalue weighted by Gasteiger charge is 2.31. The zero-order valence-electron chi connectivity index (χ0n) is 22.1. The molecular weight excluding hydrogens is 509 g/mol. The van der Waals surface area contributed by atoms with E-state index in [0.717, 1.165) is 0 Å². The molecule has 0 aliphatic carbocycles. The number of anilines is 1. The molecule has 1 saturated heterocycles. The van der Waals surface area contributed by atoms with Crippen molar-refractivity contribution < 1.29 is 22.7 Å². The average Bonchev–Trinajstić information content (AvgIpc) is 3.27. The molecule has 1 atom stereocenters. The van der Waals surface area contributed by atoms with Crippen LogP contribution in [0.2, 0.25) is 0 Å². The van der Waals surface area contributed by atoms with Crippen LogP contribution in [0.15, 0.2) is 54.7 Å². The normalized spacial score (nSPS) is 16.3. The van der Waals surface area contributed by atoms with Crippen LogP contribution in [0.5, 0.6) is 0 Å². The monoisotopic (exact) mass is 538 g/mol. The number of aromatic nitrogens is 4. The Labute approximate surface area is 224 Å². The number of alkyl halides is 2. The van der Waals surface area contributed by atoms with Crippen molar-refractivity contribution >= 4 is 23.1 Å². The summed E-state index contributed by atoms with van der Waals surface area (Å²) < 4.78 is 47.9. The fourth-order valence-electron chi connectivity index (χ4n) is 4.63. The number of ether oxygens (including phenoxy) is 1. The number of carbonyl (C=O) groups is 1. The van der Waals surface area contributed by atoms with E-state index in [9.17, 15) is 18.0 Å². The Bertz CT molecular complexity index is 1500. The van der Waals surface area contributed by atoms with Crippen molar-refractivity contribution in [2.75, 3.05) is 24.5 Å². The smallest absolute Gasteiger partial charge is 0.410 e. The number of amides is 1. The van der Waals surface area contributed by atoms with Gasteiger partial charge in [0.25, 0.3) is 6.43 Å². The lowest BCUT2D eigenvalue weighted by Gasteiger charge is -2.40. The summed E-state index contributed by atoms with van der Waals surface area (Å²) in [5.74, 6) is 0.697. The fourth-order valence-corrected chi connectivity index (χ4v) is 4.63. The molecule has 0 bridgehead atoms. The highest BCUT2D eigenvalue weighted by molar-refractivity contribution is 5.81. The van der Waals surface area contributed by atoms with Gasteiger partial charge in [0.2, 0.25) is 0 Å². The van der Waals surface area contributed by atoms with E-state index in [4.69, 9.17) is 14.7 Å². The number of pyridine rings is 2. The van der Waals surface area contributed by atoms with Gasteiger partial charge in [0, 0.05) is 37.4 Å². The first-order valence-electron chi connectivity index (χ1n) is 12.6. The van der Waals surface area contributed by atoms with Crippen LogP contribution in [0.4, 0.5) is 23.8 Å². The quantitative estimate of drug-likeness (QED) is 0.317. The van der Waals surface area contributed by atoms with Crippen molar-refractivity contribution in [2.24, 2.45) is 0 Å². The number of benzene rings is 1. The van der Waals surface area contributed by atoms with Gasteiger partial charge in [-0.25, -0.2) is 27.9 Å². The molecule has 0 N–H and O–H groups in total. The van der Waals surface area contributed by atoms with Gasteiger partial charge in [-0.05, 0) is 76.2 Å². The van der Waals surface area contributed by atoms with Crippen molar-refractivity contribution in [1.29, 1.82) is 0 Å². The third-order valence-corrected chi connectivity index (χ3v) is 6.41. The lowest BCUT2D eigenvalue weighted by molar-refractivity contribution is 0.0218. The summed E-state index contributed by atoms with van der Waals surface area (Å²) in [4.78, 5) is 29.8. The summed E-state index contributed by atoms with van der Waals surface area (Å²) in [6.45, 7) is 8.95. The van der Waals surface area contributed by atoms with Gasteiger partial charge in [-0.2, -0.15) is 0 Å². The van der Waals surface area contributed by atoms with E-state index in [1.165, 1.54) is 24.4 Å². The summed E-state index contributed by atoms with van der Waals surface area (Å²) >= 11 is 0. The topological polar surface area (TPSA) is 76.4 Å². The summed E-state index contributed by atoms with van der Waals surface area (Å²) in [6.07, 6.45) is -1.79. The summed E-state index contributed by atoms with van der Waals surface area (Å²) in [5.41, 5.74) is 1.07. The largest absolute Gasteiger partial charge is 0.444 e. The number of halogens is 3. The number of carbonyl (C=O) groups excluding carboxylic acids is 1. The first-order chi connectivity index (χ1) is 18.5. The van der Waals surface area contributed by atoms with Crippen LogP contribution in [0.3, 0.4) is 0 Å². The van der Waals surface area contributed by atoms with E-state index < -0.39 is 17.8 Å². The van der Waals surface area contributed by atoms with Crippen molar-refractivity contribution in [3.05, 3.63) is 66.2 Å². The number of piperazine rings is 1. The maximum atomic E-state index is 13.7. The summed E-state index contributed by atoms with van der Waals surface area (Å²) in [7, 11) is 0. The van der Waals surface area contributed by atoms with Gasteiger partial charge in [-0.15, -0.1) is 0 Å². The molecule has 8 nitrogen and oxygen atoms in total. The minimum Gasteiger partial charge on any atom is -0.444 e. The Kier molecular flexibility index (Phi) is 6.92. The van der Waals surface area contributed by atoms with Crippen LogP contribution in [0, 0.1) is 5.82 Å². The number of fused-ring (bicyclic) bond motifs is 1. The number of imidazole rings is 1. The molecule has 1 aliphatic heterocycles. The molecule has 0 radical (unpaired) electrons. The molecule has 1 aromatic carbocycles. The molecule has 4 heterocycles. The predicted octanol–water partition coefficient (Wildman–Crippen LogP) is 6.00. The minimum atomic E-state index is -2.75. The van der Waals surface area contributed by atoms with Crippen LogP contribution in [0.1, 0.15) is 39.8 Å². The maximum Gasteiger partial charge on any atom is 0.410 e. The Balaban J connectivity index is 1.55. The second-order valence-electron chi connectivity index (χ2n) is 10.5. The third-order valence-electron chi connectivity index (χ3n) is 6.41. The minimum absolute atomic E-state index is 0.0597. The molecule has 0 saturated carbocycles. The van der Waals surface area contributed by atoms with E-state index >= 15 is 0 Å². The average molecular weight is 539 g/mol. The number of hydrogen-bond donors (Lipinski definition) is 0. The van der Waals surface area contributed by atoms with Gasteiger partial charge < -0.3 is 14.5 Å². The zero-order chi connectivity index (χ0) is 27.9. The van der Waals surface area contributed by atoms with E-state index in [0.29, 0.717) is 53.7 Å². The molecule has 5 rings (SSSR count). The van der Waals surface area contributed by atoms with Crippen molar-refractivity contribution in [1.82, 2.24) is 24.4 Å². The molecule has 204 valence electrons. The molecule has 4 aromatic rings. The van der Waals surface area contributed by atoms with Gasteiger partial charge in [0.15, 0.2) is 5.65 Å². The predicted molar refractivity (Wildman–Crippen MR) is 142 cm³/mol. The van der Waals surface area contributed by atoms with E-state index in [1.807, 2.05) is 39.8 Å². The van der Waals surface area contributed by atoms with Crippen molar-refractivity contribution in [3.8, 4) is 17.1 Å². The van der Waals surface area contributed by atoms with Gasteiger partial charge >= 0.3 is 6.09 Å². The fraction of sp³-hybridized carbons (Fsp3) is 0.357. The van der Waals surface area contributed by atoms with Crippen LogP contribution in [-0.4, -0.2) is 61.8 Å². The zero-order valence-corrected chi connectivity index (χ0v) is 22.1. The molecule has 3 aromatic heterocycles. The number of nitrogens with zero attached hydrogens (tertiary/aromatic N) is 6. The Morgan fingerprint density at radius 3 is 2.46 bits per heavy atom. The van der Waals surface area contributed by atoms with Crippen LogP contribution in [-0.2, 0) is 4.74 Å². The highest BCUT2D eigenvalue weighted by atomic mass is 19.3. The molecule has 11 heteroatoms. The molecule has 1 aliphatic rings. The molecule has 0 spiro atoms. The highest BCUT2D eigenvalue weighted by Crippen LogP contribution is 2.31. The van der Waals surface area contributed by atoms with Crippen molar-refractivity contribution in [2.45, 2.75) is 45.8 Å². The molecular formula is C28H29F3N6O2. The number of rotatable bonds is 4. The lowest BCUT2D eigenvalue weighted by Crippen LogP contribution is -2.54. The molecule has 1 fully saturated rings. The SMILES string of the molecule is C[C@@H]1CN(C(=O)OC(C)(C)C)CCN1c1ccc2nc(-c3ccc(F)cc3)n(-c3ccnc(C(F)F)c3)c2n1. The van der Waals surface area contributed by atoms with E-state index in [-0.39, 0.29) is 17.8 Å². The second kappa shape index (κ2) is 10.2. The molecule has 1 amide bonds. The van der Waals surface area contributed by atoms with E-state index in [1.54, 1.807) is 27.7 Å². The van der Waals surface area contributed by atoms with Gasteiger partial charge in [-0.1, -0.05) is 0 Å². The Morgan fingerprint density at radius 1 is 1.05 bits per heavy atom. The second-order valence-corrected chi connectivity index (χ2v) is 10.5. The summed E-state index contributed by atoms with van der Waals surface area (Å²) in [5, 5.41) is 0. The standard InChI is InChI=1S/C28H29F3N6O2/c1-17-16-35(27(38)39-28(2,3)4)13-14-36(17)23-10-9-21-26(34-23)37(20-11-12-32-22(15-20)24(30)31)25(33-21)18-5-7-19(29)8-6-18/h5-12,15,17,24H,13-14,16H2,1-4H3/t17-/m1/s1. The Hall–Kier alpha value is -4.15. The lowest BCUT2D eigenvalue weighted by atomic mass is 10.2. The third kappa shape index (κ3) is 5.52. The van der Waals surface area contributed by atoms with Crippen molar-refractivity contribution in [3.63, 3.8) is 0 Å². The van der Waals surface area contributed by atoms with Crippen LogP contribution >= 0.6 is 0 Å². The molecule has 39 heavy (non-hydrogen) atoms. The van der Waals surface area contributed by atoms with Gasteiger partial charge in [0.1, 0.15) is 34.3 Å². The van der Waals surface area contributed by atoms with Gasteiger partial charge in [-0.3, -0.25) is 9.55 Å². The molecule has 0 unspecified atom stereocenters. The number of hydrogen-bond acceptors (Lipinski definition) is 6. The maximum absolute atomic E-state index is 13.7. The summed E-state index contributed by atoms with van der Waals surface area (Å²) in [6, 6.07) is 12.3.